The molecule has 1 heterocycles. The monoisotopic (exact) mass is 879 g/mol. The van der Waals surface area contributed by atoms with Crippen molar-refractivity contribution >= 4 is 29.4 Å². The second-order valence-corrected chi connectivity index (χ2v) is 20.9. The van der Waals surface area contributed by atoms with Crippen LogP contribution in [0.2, 0.25) is 0 Å². The van der Waals surface area contributed by atoms with E-state index >= 15 is 0 Å². The molecular formula is C51H78N2O10. The molecule has 2 aliphatic rings. The highest BCUT2D eigenvalue weighted by Crippen LogP contribution is 2.30. The van der Waals surface area contributed by atoms with Crippen LogP contribution in [0.3, 0.4) is 0 Å². The molecule has 0 spiro atoms. The second kappa shape index (κ2) is 22.7. The fraction of sp³-hybridized carbons (Fsp3) is 0.686. The summed E-state index contributed by atoms with van der Waals surface area (Å²) in [4.78, 5) is 54.2. The summed E-state index contributed by atoms with van der Waals surface area (Å²) in [5.41, 5.74) is -0.389. The number of esters is 2. The number of rotatable bonds is 23. The Labute approximate surface area is 378 Å². The Hall–Kier alpha value is -4.02. The van der Waals surface area contributed by atoms with E-state index in [1.807, 2.05) is 121 Å². The molecule has 0 bridgehead atoms. The predicted molar refractivity (Wildman–Crippen MR) is 247 cm³/mol. The van der Waals surface area contributed by atoms with Crippen molar-refractivity contribution in [1.29, 1.82) is 0 Å². The first-order chi connectivity index (χ1) is 29.1. The third kappa shape index (κ3) is 20.1. The maximum Gasteiger partial charge on any atom is 0.309 e. The summed E-state index contributed by atoms with van der Waals surface area (Å²) in [5.74, 6) is 5.50. The van der Waals surface area contributed by atoms with Crippen LogP contribution < -0.4 is 10.2 Å². The Kier molecular flexibility index (Phi) is 19.2. The molecule has 2 amide bonds. The van der Waals surface area contributed by atoms with Crippen molar-refractivity contribution < 1.29 is 47.6 Å². The minimum absolute atomic E-state index is 0.00791. The normalized spacial score (nSPS) is 16.1. The molecule has 1 aromatic rings. The number of nitrogens with zero attached hydrogens (tertiary/aromatic N) is 1. The average Bonchev–Trinajstić information content (AvgIpc) is 3.13. The van der Waals surface area contributed by atoms with Crippen molar-refractivity contribution in [3.05, 3.63) is 53.1 Å². The topological polar surface area (TPSA) is 139 Å². The lowest BCUT2D eigenvalue weighted by molar-refractivity contribution is -0.167. The van der Waals surface area contributed by atoms with Crippen LogP contribution in [0.15, 0.2) is 47.6 Å². The minimum atomic E-state index is -0.757. The van der Waals surface area contributed by atoms with Crippen LogP contribution in [0.1, 0.15) is 160 Å². The van der Waals surface area contributed by atoms with E-state index in [1.54, 1.807) is 4.90 Å². The summed E-state index contributed by atoms with van der Waals surface area (Å²) in [6.07, 6.45) is 7.26. The highest BCUT2D eigenvalue weighted by molar-refractivity contribution is 5.97. The number of carbonyl (C=O) groups excluding carboxylic acids is 4. The van der Waals surface area contributed by atoms with Gasteiger partial charge in [-0.25, -0.2) is 0 Å². The zero-order valence-corrected chi connectivity index (χ0v) is 41.0. The van der Waals surface area contributed by atoms with Crippen molar-refractivity contribution in [2.45, 2.75) is 194 Å². The molecule has 3 rings (SSSR count). The number of allylic oxidation sites excluding steroid dienone is 2. The number of ether oxygens (including phenoxy) is 6. The molecule has 1 aromatic carbocycles. The van der Waals surface area contributed by atoms with Gasteiger partial charge in [-0.3, -0.25) is 19.2 Å². The van der Waals surface area contributed by atoms with E-state index in [4.69, 9.17) is 28.4 Å². The van der Waals surface area contributed by atoms with Crippen molar-refractivity contribution in [3.8, 4) is 11.8 Å². The number of nitrogens with one attached hydrogen (secondary N) is 1. The summed E-state index contributed by atoms with van der Waals surface area (Å²) < 4.78 is 36.7. The summed E-state index contributed by atoms with van der Waals surface area (Å²) in [6, 6.07) is 7.63. The Balaban J connectivity index is 1.68. The molecule has 0 saturated carbocycles. The fourth-order valence-corrected chi connectivity index (χ4v) is 7.03. The zero-order valence-electron chi connectivity index (χ0n) is 41.0. The largest absolute Gasteiger partial charge is 0.460 e. The molecular weight excluding hydrogens is 801 g/mol. The molecule has 0 fully saturated rings. The van der Waals surface area contributed by atoms with E-state index in [0.717, 1.165) is 35.2 Å². The molecule has 1 aliphatic carbocycles. The van der Waals surface area contributed by atoms with Crippen LogP contribution >= 0.6 is 0 Å². The first-order valence-electron chi connectivity index (χ1n) is 22.7. The summed E-state index contributed by atoms with van der Waals surface area (Å²) in [5, 5.41) is 3.02. The third-order valence-corrected chi connectivity index (χ3v) is 10.7. The number of carbonyl (C=O) groups is 4. The van der Waals surface area contributed by atoms with Crippen LogP contribution in [-0.4, -0.2) is 96.4 Å². The lowest BCUT2D eigenvalue weighted by atomic mass is 9.95. The number of para-hydroxylation sites is 1. The van der Waals surface area contributed by atoms with Crippen molar-refractivity contribution in [3.63, 3.8) is 0 Å². The summed E-state index contributed by atoms with van der Waals surface area (Å²) >= 11 is 0. The zero-order chi connectivity index (χ0) is 47.3. The van der Waals surface area contributed by atoms with Gasteiger partial charge >= 0.3 is 11.9 Å². The van der Waals surface area contributed by atoms with Gasteiger partial charge in [-0.2, -0.15) is 0 Å². The van der Waals surface area contributed by atoms with E-state index in [2.05, 4.69) is 29.3 Å². The number of amides is 2. The van der Waals surface area contributed by atoms with Crippen molar-refractivity contribution in [2.24, 2.45) is 0 Å². The van der Waals surface area contributed by atoms with Crippen molar-refractivity contribution in [2.75, 3.05) is 37.8 Å². The molecule has 2 atom stereocenters. The number of anilines is 1. The van der Waals surface area contributed by atoms with Gasteiger partial charge < -0.3 is 38.6 Å². The molecule has 0 aromatic heterocycles. The first kappa shape index (κ1) is 53.3. The van der Waals surface area contributed by atoms with Gasteiger partial charge in [0.1, 0.15) is 11.2 Å². The Morgan fingerprint density at radius 2 is 1.33 bits per heavy atom. The van der Waals surface area contributed by atoms with E-state index in [-0.39, 0.29) is 62.6 Å². The minimum Gasteiger partial charge on any atom is -0.460 e. The van der Waals surface area contributed by atoms with Gasteiger partial charge in [-0.15, -0.1) is 0 Å². The number of fused-ring (bicyclic) bond motifs is 1. The van der Waals surface area contributed by atoms with Gasteiger partial charge in [-0.05, 0) is 140 Å². The van der Waals surface area contributed by atoms with Crippen LogP contribution in [0.4, 0.5) is 5.69 Å². The van der Waals surface area contributed by atoms with E-state index in [0.29, 0.717) is 39.0 Å². The predicted octanol–water partition coefficient (Wildman–Crippen LogP) is 9.11. The molecule has 1 aliphatic heterocycles. The van der Waals surface area contributed by atoms with E-state index in [9.17, 15) is 19.2 Å². The lowest BCUT2D eigenvalue weighted by Crippen LogP contribution is -2.45. The van der Waals surface area contributed by atoms with Crippen LogP contribution in [0, 0.1) is 11.8 Å². The highest BCUT2D eigenvalue weighted by Gasteiger charge is 2.33. The molecule has 352 valence electrons. The smallest absolute Gasteiger partial charge is 0.309 e. The number of hydrogen-bond donors (Lipinski definition) is 1. The van der Waals surface area contributed by atoms with Crippen molar-refractivity contribution in [1.82, 2.24) is 5.32 Å². The van der Waals surface area contributed by atoms with Gasteiger partial charge in [0, 0.05) is 30.5 Å². The standard InChI is InChI=1S/C51H78N2O10/c1-15-51(14,29-31-59-50(12,13)33-45(57)63-47(5,6)7)61-40(36-60-48(8,9)28-30-58-49(10,11)32-44(56)62-46(2,3)4)34-52-42(54)26-27-43(55)53-35-39-22-17-16-20-37(39)24-25-38-21-18-19-23-41(38)53/h17-19,21-23,40H,15-16,20,26-36H2,1-14H3,(H,52,54). The van der Waals surface area contributed by atoms with Gasteiger partial charge in [0.15, 0.2) is 0 Å². The molecule has 2 unspecified atom stereocenters. The fourth-order valence-electron chi connectivity index (χ4n) is 7.03. The molecule has 12 heteroatoms. The second-order valence-electron chi connectivity index (χ2n) is 20.9. The van der Waals surface area contributed by atoms with Gasteiger partial charge in [0.25, 0.3) is 0 Å². The summed E-state index contributed by atoms with van der Waals surface area (Å²) in [7, 11) is 0. The molecule has 0 radical (unpaired) electrons. The molecule has 12 nitrogen and oxygen atoms in total. The number of benzene rings is 1. The van der Waals surface area contributed by atoms with E-state index in [1.165, 1.54) is 0 Å². The van der Waals surface area contributed by atoms with Crippen LogP contribution in [-0.2, 0) is 47.6 Å². The maximum absolute atomic E-state index is 13.9. The SMILES string of the molecule is CCC(C)(CCOC(C)(C)CC(=O)OC(C)(C)C)OC(CNC(=O)CCC(=O)N1CC2=C(C#Cc3ccccc31)CCC=C2)COC(C)(C)CCOC(C)(C)CC(=O)OC(C)(C)C. The van der Waals surface area contributed by atoms with Crippen LogP contribution in [0.5, 0.6) is 0 Å². The Morgan fingerprint density at radius 1 is 0.746 bits per heavy atom. The van der Waals surface area contributed by atoms with E-state index < -0.39 is 39.7 Å². The first-order valence-corrected chi connectivity index (χ1v) is 22.7. The third-order valence-electron chi connectivity index (χ3n) is 10.7. The van der Waals surface area contributed by atoms with Gasteiger partial charge in [0.05, 0.1) is 73.4 Å². The summed E-state index contributed by atoms with van der Waals surface area (Å²) in [6.45, 7) is 27.8. The Morgan fingerprint density at radius 3 is 1.92 bits per heavy atom. The maximum atomic E-state index is 13.9. The average molecular weight is 879 g/mol. The molecule has 0 saturated heterocycles. The lowest BCUT2D eigenvalue weighted by Gasteiger charge is -2.36. The number of hydrogen-bond acceptors (Lipinski definition) is 10. The molecule has 63 heavy (non-hydrogen) atoms. The quantitative estimate of drug-likeness (QED) is 0.0837. The highest BCUT2D eigenvalue weighted by atomic mass is 16.6. The van der Waals surface area contributed by atoms with Gasteiger partial charge in [0.2, 0.25) is 11.8 Å². The Bertz CT molecular complexity index is 1850. The van der Waals surface area contributed by atoms with Gasteiger partial charge in [-0.1, -0.05) is 43.0 Å². The molecule has 1 N–H and O–H groups in total. The van der Waals surface area contributed by atoms with Crippen LogP contribution in [0.25, 0.3) is 0 Å².